The van der Waals surface area contributed by atoms with Crippen LogP contribution in [0.3, 0.4) is 0 Å². The second-order valence-corrected chi connectivity index (χ2v) is 8.02. The molecule has 3 heterocycles. The van der Waals surface area contributed by atoms with E-state index in [9.17, 15) is 9.59 Å². The van der Waals surface area contributed by atoms with Crippen molar-refractivity contribution in [2.45, 2.75) is 25.0 Å². The molecule has 0 aromatic heterocycles. The van der Waals surface area contributed by atoms with E-state index in [-0.39, 0.29) is 18.0 Å². The maximum absolute atomic E-state index is 12.5. The largest absolute Gasteiger partial charge is 0.369 e. The fraction of sp³-hybridized carbons (Fsp3) is 0.571. The minimum atomic E-state index is -0.391. The van der Waals surface area contributed by atoms with Crippen LogP contribution in [-0.2, 0) is 4.79 Å². The lowest BCUT2D eigenvalue weighted by Gasteiger charge is -2.39. The summed E-state index contributed by atoms with van der Waals surface area (Å²) < 4.78 is 0. The Morgan fingerprint density at radius 3 is 2.38 bits per heavy atom. The third-order valence-electron chi connectivity index (χ3n) is 6.21. The molecule has 3 aliphatic rings. The number of urea groups is 1. The summed E-state index contributed by atoms with van der Waals surface area (Å²) in [7, 11) is 3.25. The quantitative estimate of drug-likeness (QED) is 0.673. The van der Waals surface area contributed by atoms with Gasteiger partial charge in [-0.2, -0.15) is 0 Å². The number of benzene rings is 1. The Morgan fingerprint density at radius 2 is 1.66 bits per heavy atom. The van der Waals surface area contributed by atoms with Crippen molar-refractivity contribution in [3.8, 4) is 0 Å². The second-order valence-electron chi connectivity index (χ2n) is 8.02. The van der Waals surface area contributed by atoms with Crippen LogP contribution < -0.4 is 4.90 Å². The molecule has 2 saturated heterocycles. The number of anilines is 1. The number of nitrogens with zero attached hydrogens (tertiary/aromatic N) is 6. The molecule has 0 N–H and O–H groups in total. The van der Waals surface area contributed by atoms with E-state index >= 15 is 0 Å². The molecule has 0 saturated carbocycles. The fourth-order valence-corrected chi connectivity index (χ4v) is 4.40. The summed E-state index contributed by atoms with van der Waals surface area (Å²) in [6, 6.07) is 9.93. The third-order valence-corrected chi connectivity index (χ3v) is 6.21. The van der Waals surface area contributed by atoms with Gasteiger partial charge in [-0.25, -0.2) is 9.79 Å². The van der Waals surface area contributed by atoms with E-state index in [2.05, 4.69) is 45.1 Å². The molecule has 3 amide bonds. The molecule has 2 fully saturated rings. The third kappa shape index (κ3) is 3.94. The predicted molar refractivity (Wildman–Crippen MR) is 113 cm³/mol. The summed E-state index contributed by atoms with van der Waals surface area (Å²) in [4.78, 5) is 38.7. The highest BCUT2D eigenvalue weighted by molar-refractivity contribution is 6.01. The minimum Gasteiger partial charge on any atom is -0.369 e. The highest BCUT2D eigenvalue weighted by Gasteiger charge is 2.48. The van der Waals surface area contributed by atoms with Gasteiger partial charge in [0.1, 0.15) is 0 Å². The van der Waals surface area contributed by atoms with Crippen LogP contribution in [0.1, 0.15) is 12.8 Å². The van der Waals surface area contributed by atoms with Crippen LogP contribution >= 0.6 is 0 Å². The molecule has 0 radical (unpaired) electrons. The molecule has 0 bridgehead atoms. The molecule has 2 atom stereocenters. The number of aliphatic imine (C=N–C) groups is 1. The first kappa shape index (κ1) is 19.7. The number of hydrogen-bond acceptors (Lipinski definition) is 6. The molecule has 2 unspecified atom stereocenters. The first-order chi connectivity index (χ1) is 14.1. The highest BCUT2D eigenvalue weighted by Crippen LogP contribution is 2.24. The Hall–Kier alpha value is -2.61. The maximum atomic E-state index is 12.5. The number of para-hydroxylation sites is 1. The number of imide groups is 1. The summed E-state index contributed by atoms with van der Waals surface area (Å²) in [5.41, 5.74) is 1.31. The fourth-order valence-electron chi connectivity index (χ4n) is 4.40. The number of likely N-dealkylation sites (N-methyl/N-ethyl adjacent to an activating group) is 2. The SMILES string of the molecule is CN1C(=O)C2C(N=CN2CCCCN2CCN(c3ccccc3)CC2)N(C)C1=O. The summed E-state index contributed by atoms with van der Waals surface area (Å²) in [6.07, 6.45) is 3.45. The van der Waals surface area contributed by atoms with Gasteiger partial charge in [-0.3, -0.25) is 14.6 Å². The first-order valence-corrected chi connectivity index (χ1v) is 10.4. The molecule has 8 heteroatoms. The van der Waals surface area contributed by atoms with Gasteiger partial charge in [0, 0.05) is 52.5 Å². The number of fused-ring (bicyclic) bond motifs is 1. The van der Waals surface area contributed by atoms with Crippen LogP contribution in [0, 0.1) is 0 Å². The Labute approximate surface area is 172 Å². The molecular formula is C21H30N6O2. The summed E-state index contributed by atoms with van der Waals surface area (Å²) in [5.74, 6) is -0.160. The van der Waals surface area contributed by atoms with Gasteiger partial charge < -0.3 is 14.7 Å². The topological polar surface area (TPSA) is 62.7 Å². The number of unbranched alkanes of at least 4 members (excludes halogenated alkanes) is 1. The lowest BCUT2D eigenvalue weighted by Crippen LogP contribution is -2.63. The van der Waals surface area contributed by atoms with Crippen LogP contribution in [0.15, 0.2) is 35.3 Å². The molecule has 156 valence electrons. The molecule has 0 spiro atoms. The Kier molecular flexibility index (Phi) is 5.71. The molecule has 1 aromatic rings. The summed E-state index contributed by atoms with van der Waals surface area (Å²) in [5, 5.41) is 0. The molecule has 29 heavy (non-hydrogen) atoms. The summed E-state index contributed by atoms with van der Waals surface area (Å²) >= 11 is 0. The second kappa shape index (κ2) is 8.41. The van der Waals surface area contributed by atoms with Crippen molar-refractivity contribution in [3.63, 3.8) is 0 Å². The van der Waals surface area contributed by atoms with Gasteiger partial charge in [-0.1, -0.05) is 18.2 Å². The molecular weight excluding hydrogens is 368 g/mol. The first-order valence-electron chi connectivity index (χ1n) is 10.4. The highest BCUT2D eigenvalue weighted by atomic mass is 16.2. The number of rotatable bonds is 6. The van der Waals surface area contributed by atoms with E-state index in [0.717, 1.165) is 52.1 Å². The number of hydrogen-bond donors (Lipinski definition) is 0. The smallest absolute Gasteiger partial charge is 0.328 e. The Morgan fingerprint density at radius 1 is 0.966 bits per heavy atom. The molecule has 0 aliphatic carbocycles. The standard InChI is InChI=1S/C21H30N6O2/c1-23-19-18(20(28)24(2)21(23)29)27(16-22-19)11-7-6-10-25-12-14-26(15-13-25)17-8-4-3-5-9-17/h3-5,8-9,16,18-19H,6-7,10-15H2,1-2H3. The van der Waals surface area contributed by atoms with Gasteiger partial charge in [0.05, 0.1) is 6.34 Å². The van der Waals surface area contributed by atoms with Gasteiger partial charge in [0.25, 0.3) is 5.91 Å². The molecule has 1 aromatic carbocycles. The molecule has 4 rings (SSSR count). The predicted octanol–water partition coefficient (Wildman–Crippen LogP) is 1.15. The number of amides is 3. The monoisotopic (exact) mass is 398 g/mol. The van der Waals surface area contributed by atoms with E-state index < -0.39 is 6.17 Å². The Balaban J connectivity index is 1.19. The van der Waals surface area contributed by atoms with Crippen LogP contribution in [0.4, 0.5) is 10.5 Å². The lowest BCUT2D eigenvalue weighted by molar-refractivity contribution is -0.136. The zero-order valence-electron chi connectivity index (χ0n) is 17.3. The van der Waals surface area contributed by atoms with Crippen molar-refractivity contribution >= 4 is 24.0 Å². The van der Waals surface area contributed by atoms with Gasteiger partial charge in [-0.05, 0) is 31.5 Å². The number of carbonyl (C=O) groups excluding carboxylic acids is 2. The average molecular weight is 399 g/mol. The van der Waals surface area contributed by atoms with Crippen LogP contribution in [-0.4, -0.2) is 103 Å². The Bertz CT molecular complexity index is 762. The zero-order valence-corrected chi connectivity index (χ0v) is 17.3. The number of carbonyl (C=O) groups is 2. The van der Waals surface area contributed by atoms with Gasteiger partial charge in [0.2, 0.25) is 0 Å². The van der Waals surface area contributed by atoms with E-state index in [1.165, 1.54) is 10.6 Å². The van der Waals surface area contributed by atoms with Crippen LogP contribution in [0.25, 0.3) is 0 Å². The van der Waals surface area contributed by atoms with Gasteiger partial charge in [0.15, 0.2) is 12.2 Å². The van der Waals surface area contributed by atoms with Crippen molar-refractivity contribution in [1.82, 2.24) is 19.6 Å². The molecule has 3 aliphatic heterocycles. The van der Waals surface area contributed by atoms with E-state index in [1.807, 2.05) is 4.90 Å². The minimum absolute atomic E-state index is 0.160. The average Bonchev–Trinajstić information content (AvgIpc) is 3.19. The van der Waals surface area contributed by atoms with E-state index in [0.29, 0.717) is 0 Å². The van der Waals surface area contributed by atoms with E-state index in [4.69, 9.17) is 0 Å². The lowest BCUT2D eigenvalue weighted by atomic mass is 10.1. The van der Waals surface area contributed by atoms with E-state index in [1.54, 1.807) is 25.3 Å². The normalized spacial score (nSPS) is 25.2. The van der Waals surface area contributed by atoms with Gasteiger partial charge in [-0.15, -0.1) is 0 Å². The van der Waals surface area contributed by atoms with Crippen molar-refractivity contribution in [2.75, 3.05) is 58.3 Å². The zero-order chi connectivity index (χ0) is 20.4. The van der Waals surface area contributed by atoms with Crippen molar-refractivity contribution in [3.05, 3.63) is 30.3 Å². The number of piperazine rings is 1. The summed E-state index contributed by atoms with van der Waals surface area (Å²) in [6.45, 7) is 6.16. The van der Waals surface area contributed by atoms with Crippen molar-refractivity contribution in [2.24, 2.45) is 4.99 Å². The maximum Gasteiger partial charge on any atom is 0.328 e. The van der Waals surface area contributed by atoms with Gasteiger partial charge >= 0.3 is 6.03 Å². The van der Waals surface area contributed by atoms with Crippen LogP contribution in [0.2, 0.25) is 0 Å². The van der Waals surface area contributed by atoms with Crippen molar-refractivity contribution < 1.29 is 9.59 Å². The molecule has 8 nitrogen and oxygen atoms in total. The van der Waals surface area contributed by atoms with Crippen molar-refractivity contribution in [1.29, 1.82) is 0 Å². The van der Waals surface area contributed by atoms with Crippen LogP contribution in [0.5, 0.6) is 0 Å².